The highest BCUT2D eigenvalue weighted by Gasteiger charge is 2.16. The van der Waals surface area contributed by atoms with Crippen LogP contribution in [0.15, 0.2) is 70.2 Å². The molecule has 4 heterocycles. The number of hydrogen-bond acceptors (Lipinski definition) is 6. The molecule has 0 saturated carbocycles. The number of rotatable bonds is 2. The highest BCUT2D eigenvalue weighted by atomic mass is 79.9. The van der Waals surface area contributed by atoms with Gasteiger partial charge in [-0.25, -0.2) is 4.98 Å². The summed E-state index contributed by atoms with van der Waals surface area (Å²) in [6.45, 7) is 1.23. The SMILES string of the molecule is O=c1c2cnc3nc(-c4ccc5c(c4)OCCCO5)nn3c2ccn1-c1ccc(Br)cc1. The van der Waals surface area contributed by atoms with Crippen LogP contribution in [0.25, 0.3) is 33.8 Å². The number of fused-ring (bicyclic) bond motifs is 4. The van der Waals surface area contributed by atoms with Crippen LogP contribution in [0.5, 0.6) is 11.5 Å². The van der Waals surface area contributed by atoms with Crippen molar-refractivity contribution in [3.05, 3.63) is 75.8 Å². The molecule has 8 nitrogen and oxygen atoms in total. The topological polar surface area (TPSA) is 83.5 Å². The van der Waals surface area contributed by atoms with E-state index in [1.54, 1.807) is 21.5 Å². The van der Waals surface area contributed by atoms with E-state index < -0.39 is 0 Å². The van der Waals surface area contributed by atoms with Gasteiger partial charge in [0.25, 0.3) is 11.3 Å². The summed E-state index contributed by atoms with van der Waals surface area (Å²) in [7, 11) is 0. The Kier molecular flexibility index (Phi) is 4.43. The van der Waals surface area contributed by atoms with Gasteiger partial charge in [-0.3, -0.25) is 9.36 Å². The predicted octanol–water partition coefficient (Wildman–Crippen LogP) is 4.02. The Labute approximate surface area is 190 Å². The fraction of sp³-hybridized carbons (Fsp3) is 0.130. The molecule has 0 aliphatic carbocycles. The summed E-state index contributed by atoms with van der Waals surface area (Å²) in [4.78, 5) is 22.1. The van der Waals surface area contributed by atoms with Crippen LogP contribution in [0.1, 0.15) is 6.42 Å². The average Bonchev–Trinajstić information content (AvgIpc) is 3.12. The first-order chi connectivity index (χ1) is 15.7. The normalized spacial score (nSPS) is 13.4. The quantitative estimate of drug-likeness (QED) is 0.372. The zero-order valence-corrected chi connectivity index (χ0v) is 18.3. The lowest BCUT2D eigenvalue weighted by molar-refractivity contribution is 0.297. The van der Waals surface area contributed by atoms with Crippen molar-refractivity contribution >= 4 is 32.6 Å². The number of nitrogens with zero attached hydrogens (tertiary/aromatic N) is 5. The van der Waals surface area contributed by atoms with Crippen molar-refractivity contribution in [3.8, 4) is 28.6 Å². The molecule has 6 rings (SSSR count). The van der Waals surface area contributed by atoms with Gasteiger partial charge in [0.15, 0.2) is 17.3 Å². The van der Waals surface area contributed by atoms with Crippen LogP contribution >= 0.6 is 15.9 Å². The minimum Gasteiger partial charge on any atom is -0.490 e. The van der Waals surface area contributed by atoms with Crippen molar-refractivity contribution in [2.75, 3.05) is 13.2 Å². The van der Waals surface area contributed by atoms with Crippen LogP contribution in [-0.4, -0.2) is 37.4 Å². The molecule has 0 bridgehead atoms. The van der Waals surface area contributed by atoms with Crippen molar-refractivity contribution in [2.24, 2.45) is 0 Å². The first-order valence-electron chi connectivity index (χ1n) is 10.1. The van der Waals surface area contributed by atoms with Gasteiger partial charge in [0.1, 0.15) is 0 Å². The van der Waals surface area contributed by atoms with Crippen LogP contribution in [0.4, 0.5) is 0 Å². The van der Waals surface area contributed by atoms with Gasteiger partial charge in [0.2, 0.25) is 0 Å². The van der Waals surface area contributed by atoms with Gasteiger partial charge in [0.05, 0.1) is 24.1 Å². The molecule has 0 radical (unpaired) electrons. The Morgan fingerprint density at radius 3 is 2.62 bits per heavy atom. The Morgan fingerprint density at radius 2 is 1.78 bits per heavy atom. The first-order valence-corrected chi connectivity index (χ1v) is 10.9. The number of ether oxygens (including phenoxy) is 2. The standard InChI is InChI=1S/C23H16BrN5O3/c24-15-3-5-16(6-4-15)28-9-8-18-17(22(28)30)13-25-23-26-21(27-29(18)23)14-2-7-19-20(12-14)32-11-1-10-31-19/h2-9,12-13H,1,10-11H2. The maximum Gasteiger partial charge on any atom is 0.266 e. The summed E-state index contributed by atoms with van der Waals surface area (Å²) in [6.07, 6.45) is 4.13. The van der Waals surface area contributed by atoms with E-state index in [1.165, 1.54) is 0 Å². The maximum absolute atomic E-state index is 13.1. The molecule has 9 heteroatoms. The van der Waals surface area contributed by atoms with Crippen molar-refractivity contribution in [2.45, 2.75) is 6.42 Å². The van der Waals surface area contributed by atoms with Crippen LogP contribution in [0.2, 0.25) is 0 Å². The predicted molar refractivity (Wildman–Crippen MR) is 123 cm³/mol. The molecule has 32 heavy (non-hydrogen) atoms. The number of aromatic nitrogens is 5. The first kappa shape index (κ1) is 19.0. The van der Waals surface area contributed by atoms with Crippen molar-refractivity contribution < 1.29 is 9.47 Å². The summed E-state index contributed by atoms with van der Waals surface area (Å²) >= 11 is 3.42. The van der Waals surface area contributed by atoms with E-state index in [0.717, 1.165) is 22.1 Å². The highest BCUT2D eigenvalue weighted by Crippen LogP contribution is 2.33. The lowest BCUT2D eigenvalue weighted by Crippen LogP contribution is -2.18. The zero-order chi connectivity index (χ0) is 21.7. The third-order valence-electron chi connectivity index (χ3n) is 5.34. The van der Waals surface area contributed by atoms with E-state index in [0.29, 0.717) is 47.2 Å². The van der Waals surface area contributed by atoms with Gasteiger partial charge in [-0.15, -0.1) is 5.10 Å². The second kappa shape index (κ2) is 7.45. The van der Waals surface area contributed by atoms with E-state index in [9.17, 15) is 4.79 Å². The molecule has 0 saturated heterocycles. The fourth-order valence-electron chi connectivity index (χ4n) is 3.75. The van der Waals surface area contributed by atoms with Crippen LogP contribution in [0, 0.1) is 0 Å². The molecule has 0 N–H and O–H groups in total. The molecule has 3 aromatic heterocycles. The average molecular weight is 490 g/mol. The summed E-state index contributed by atoms with van der Waals surface area (Å²) in [5, 5.41) is 5.09. The Hall–Kier alpha value is -3.72. The number of halogens is 1. The largest absolute Gasteiger partial charge is 0.490 e. The molecule has 1 aliphatic heterocycles. The Balaban J connectivity index is 1.47. The van der Waals surface area contributed by atoms with E-state index in [-0.39, 0.29) is 5.56 Å². The van der Waals surface area contributed by atoms with Crippen LogP contribution < -0.4 is 15.0 Å². The van der Waals surface area contributed by atoms with Crippen LogP contribution in [-0.2, 0) is 0 Å². The van der Waals surface area contributed by atoms with Crippen molar-refractivity contribution in [1.82, 2.24) is 24.1 Å². The monoisotopic (exact) mass is 489 g/mol. The maximum atomic E-state index is 13.1. The van der Waals surface area contributed by atoms with Gasteiger partial charge in [0, 0.05) is 34.5 Å². The molecule has 5 aromatic rings. The zero-order valence-electron chi connectivity index (χ0n) is 16.7. The molecule has 2 aromatic carbocycles. The summed E-state index contributed by atoms with van der Waals surface area (Å²) < 4.78 is 15.6. The minimum absolute atomic E-state index is 0.174. The van der Waals surface area contributed by atoms with Crippen molar-refractivity contribution in [3.63, 3.8) is 0 Å². The van der Waals surface area contributed by atoms with Crippen LogP contribution in [0.3, 0.4) is 0 Å². The van der Waals surface area contributed by atoms with E-state index in [2.05, 4.69) is 31.0 Å². The van der Waals surface area contributed by atoms with E-state index >= 15 is 0 Å². The Bertz CT molecular complexity index is 1540. The van der Waals surface area contributed by atoms with Crippen molar-refractivity contribution in [1.29, 1.82) is 0 Å². The second-order valence-electron chi connectivity index (χ2n) is 7.38. The van der Waals surface area contributed by atoms with Gasteiger partial charge >= 0.3 is 0 Å². The number of pyridine rings is 1. The summed E-state index contributed by atoms with van der Waals surface area (Å²) in [6, 6.07) is 15.0. The molecule has 0 spiro atoms. The van der Waals surface area contributed by atoms with Gasteiger partial charge in [-0.05, 0) is 48.5 Å². The summed E-state index contributed by atoms with van der Waals surface area (Å²) in [5.74, 6) is 2.30. The molecular weight excluding hydrogens is 474 g/mol. The van der Waals surface area contributed by atoms with Gasteiger partial charge in [-0.2, -0.15) is 9.50 Å². The molecule has 158 valence electrons. The second-order valence-corrected chi connectivity index (χ2v) is 8.30. The van der Waals surface area contributed by atoms with Gasteiger partial charge < -0.3 is 9.47 Å². The molecule has 1 aliphatic rings. The fourth-order valence-corrected chi connectivity index (χ4v) is 4.01. The minimum atomic E-state index is -0.174. The molecule has 0 amide bonds. The number of benzene rings is 2. The summed E-state index contributed by atoms with van der Waals surface area (Å²) in [5.41, 5.74) is 2.02. The third-order valence-corrected chi connectivity index (χ3v) is 5.87. The molecular formula is C23H16BrN5O3. The highest BCUT2D eigenvalue weighted by molar-refractivity contribution is 9.10. The molecule has 0 atom stereocenters. The lowest BCUT2D eigenvalue weighted by Gasteiger charge is -2.08. The number of hydrogen-bond donors (Lipinski definition) is 0. The van der Waals surface area contributed by atoms with E-state index in [4.69, 9.17) is 9.47 Å². The third kappa shape index (κ3) is 3.13. The van der Waals surface area contributed by atoms with Gasteiger partial charge in [-0.1, -0.05) is 15.9 Å². The molecule has 0 unspecified atom stereocenters. The Morgan fingerprint density at radius 1 is 0.969 bits per heavy atom. The van der Waals surface area contributed by atoms with E-state index in [1.807, 2.05) is 48.5 Å². The smallest absolute Gasteiger partial charge is 0.266 e. The molecule has 0 fully saturated rings. The lowest BCUT2D eigenvalue weighted by atomic mass is 10.2.